The zero-order valence-corrected chi connectivity index (χ0v) is 13.3. The van der Waals surface area contributed by atoms with Gasteiger partial charge in [0.15, 0.2) is 0 Å². The molecule has 4 heteroatoms. The van der Waals surface area contributed by atoms with E-state index >= 15 is 0 Å². The molecule has 0 saturated carbocycles. The van der Waals surface area contributed by atoms with Gasteiger partial charge in [-0.2, -0.15) is 0 Å². The maximum absolute atomic E-state index is 12.5. The first-order valence-electron chi connectivity index (χ1n) is 7.99. The summed E-state index contributed by atoms with van der Waals surface area (Å²) < 4.78 is 0. The van der Waals surface area contributed by atoms with Gasteiger partial charge in [-0.25, -0.2) is 0 Å². The van der Waals surface area contributed by atoms with E-state index < -0.39 is 6.10 Å². The number of nitrogens with zero attached hydrogens (tertiary/aromatic N) is 1. The van der Waals surface area contributed by atoms with Crippen LogP contribution in [0.5, 0.6) is 0 Å². The van der Waals surface area contributed by atoms with Crippen LogP contribution < -0.4 is 10.2 Å². The minimum atomic E-state index is -0.436. The highest BCUT2D eigenvalue weighted by molar-refractivity contribution is 5.85. The fourth-order valence-corrected chi connectivity index (χ4v) is 3.05. The topological polar surface area (TPSA) is 52.6 Å². The predicted octanol–water partition coefficient (Wildman–Crippen LogP) is 2.11. The molecule has 0 spiro atoms. The maximum Gasteiger partial charge on any atom is 0.242 e. The number of anilines is 1. The molecule has 0 unspecified atom stereocenters. The molecule has 3 rings (SSSR count). The third-order valence-corrected chi connectivity index (χ3v) is 4.32. The lowest BCUT2D eigenvalue weighted by Gasteiger charge is -2.37. The lowest BCUT2D eigenvalue weighted by Crippen LogP contribution is -2.50. The summed E-state index contributed by atoms with van der Waals surface area (Å²) in [4.78, 5) is 14.5. The van der Waals surface area contributed by atoms with Gasteiger partial charge < -0.3 is 15.3 Å². The fraction of sp³-hybridized carbons (Fsp3) is 0.316. The number of carbonyl (C=O) groups is 1. The minimum absolute atomic E-state index is 0.0299. The predicted molar refractivity (Wildman–Crippen MR) is 91.2 cm³/mol. The number of rotatable bonds is 4. The number of nitrogens with one attached hydrogen (secondary N) is 1. The number of hydrogen-bond donors (Lipinski definition) is 2. The van der Waals surface area contributed by atoms with Gasteiger partial charge in [0, 0.05) is 25.2 Å². The number of β-amino-alcohol motifs (C(OH)–C–C–N with tert-alkyl or cyclic N) is 1. The summed E-state index contributed by atoms with van der Waals surface area (Å²) in [6, 6.07) is 17.5. The summed E-state index contributed by atoms with van der Waals surface area (Å²) >= 11 is 0. The first-order chi connectivity index (χ1) is 11.1. The van der Waals surface area contributed by atoms with Gasteiger partial charge in [0.25, 0.3) is 0 Å². The van der Waals surface area contributed by atoms with Crippen LogP contribution in [0.25, 0.3) is 0 Å². The number of para-hydroxylation sites is 1. The van der Waals surface area contributed by atoms with E-state index in [9.17, 15) is 9.90 Å². The molecule has 0 saturated heterocycles. The molecule has 2 aromatic carbocycles. The van der Waals surface area contributed by atoms with Crippen molar-refractivity contribution < 1.29 is 9.90 Å². The molecule has 0 bridgehead atoms. The Hall–Kier alpha value is -2.33. The largest absolute Gasteiger partial charge is 0.391 e. The van der Waals surface area contributed by atoms with Gasteiger partial charge in [-0.15, -0.1) is 0 Å². The van der Waals surface area contributed by atoms with Crippen LogP contribution in [0.3, 0.4) is 0 Å². The van der Waals surface area contributed by atoms with Crippen molar-refractivity contribution in [3.05, 3.63) is 65.7 Å². The highest BCUT2D eigenvalue weighted by Gasteiger charge is 2.29. The molecule has 2 N–H and O–H groups in total. The summed E-state index contributed by atoms with van der Waals surface area (Å²) in [6.07, 6.45) is 0.208. The molecule has 1 aliphatic rings. The molecule has 1 aliphatic heterocycles. The summed E-state index contributed by atoms with van der Waals surface area (Å²) in [5.74, 6) is -0.0299. The van der Waals surface area contributed by atoms with Gasteiger partial charge >= 0.3 is 0 Å². The summed E-state index contributed by atoms with van der Waals surface area (Å²) in [5.41, 5.74) is 3.21. The Kier molecular flexibility index (Phi) is 4.63. The number of fused-ring (bicyclic) bond motifs is 1. The molecule has 4 nitrogen and oxygen atoms in total. The van der Waals surface area contributed by atoms with Gasteiger partial charge in [-0.05, 0) is 24.1 Å². The Morgan fingerprint density at radius 1 is 1.22 bits per heavy atom. The minimum Gasteiger partial charge on any atom is -0.391 e. The van der Waals surface area contributed by atoms with Crippen molar-refractivity contribution in [2.45, 2.75) is 32.0 Å². The van der Waals surface area contributed by atoms with Crippen LogP contribution in [-0.2, 0) is 17.8 Å². The molecule has 0 fully saturated rings. The molecular formula is C19H22N2O2. The molecule has 0 aliphatic carbocycles. The van der Waals surface area contributed by atoms with E-state index in [1.165, 1.54) is 0 Å². The van der Waals surface area contributed by atoms with Crippen LogP contribution in [0.15, 0.2) is 54.6 Å². The van der Waals surface area contributed by atoms with Crippen molar-refractivity contribution in [2.75, 3.05) is 11.4 Å². The first-order valence-corrected chi connectivity index (χ1v) is 7.99. The van der Waals surface area contributed by atoms with Crippen molar-refractivity contribution in [2.24, 2.45) is 0 Å². The van der Waals surface area contributed by atoms with Crippen LogP contribution in [0.4, 0.5) is 5.69 Å². The Balaban J connectivity index is 1.70. The van der Waals surface area contributed by atoms with E-state index in [1.54, 1.807) is 0 Å². The molecule has 120 valence electrons. The summed E-state index contributed by atoms with van der Waals surface area (Å²) in [7, 11) is 0. The maximum atomic E-state index is 12.5. The monoisotopic (exact) mass is 310 g/mol. The molecule has 2 atom stereocenters. The van der Waals surface area contributed by atoms with Gasteiger partial charge in [-0.3, -0.25) is 4.79 Å². The average molecular weight is 310 g/mol. The first kappa shape index (κ1) is 15.6. The zero-order chi connectivity index (χ0) is 16.2. The SMILES string of the molecule is C[C@@H](C(=O)NCc1ccccc1)N1C[C@H](O)Cc2ccccc21. The van der Waals surface area contributed by atoms with E-state index in [0.717, 1.165) is 16.8 Å². The lowest BCUT2D eigenvalue weighted by molar-refractivity contribution is -0.122. The molecule has 2 aromatic rings. The summed E-state index contributed by atoms with van der Waals surface area (Å²) in [5, 5.41) is 13.1. The number of amides is 1. The lowest BCUT2D eigenvalue weighted by atomic mass is 9.98. The number of aliphatic hydroxyl groups excluding tert-OH is 1. The van der Waals surface area contributed by atoms with E-state index in [0.29, 0.717) is 19.5 Å². The van der Waals surface area contributed by atoms with Crippen molar-refractivity contribution in [3.8, 4) is 0 Å². The number of hydrogen-bond acceptors (Lipinski definition) is 3. The second kappa shape index (κ2) is 6.84. The van der Waals surface area contributed by atoms with Gasteiger partial charge in [0.1, 0.15) is 6.04 Å². The van der Waals surface area contributed by atoms with Crippen LogP contribution >= 0.6 is 0 Å². The highest BCUT2D eigenvalue weighted by Crippen LogP contribution is 2.28. The standard InChI is InChI=1S/C19H22N2O2/c1-14(19(23)20-12-15-7-3-2-4-8-15)21-13-17(22)11-16-9-5-6-10-18(16)21/h2-10,14,17,22H,11-13H2,1H3,(H,20,23)/t14-,17+/m0/s1. The molecule has 0 radical (unpaired) electrons. The van der Waals surface area contributed by atoms with Crippen LogP contribution in [-0.4, -0.2) is 29.7 Å². The average Bonchev–Trinajstić information content (AvgIpc) is 2.59. The van der Waals surface area contributed by atoms with E-state index in [2.05, 4.69) is 5.32 Å². The Morgan fingerprint density at radius 3 is 2.70 bits per heavy atom. The van der Waals surface area contributed by atoms with E-state index in [-0.39, 0.29) is 11.9 Å². The normalized spacial score (nSPS) is 18.2. The zero-order valence-electron chi connectivity index (χ0n) is 13.3. The molecule has 1 heterocycles. The van der Waals surface area contributed by atoms with Crippen LogP contribution in [0.2, 0.25) is 0 Å². The summed E-state index contributed by atoms with van der Waals surface area (Å²) in [6.45, 7) is 2.88. The quantitative estimate of drug-likeness (QED) is 0.909. The fourth-order valence-electron chi connectivity index (χ4n) is 3.05. The third-order valence-electron chi connectivity index (χ3n) is 4.32. The second-order valence-corrected chi connectivity index (χ2v) is 6.02. The number of benzene rings is 2. The Labute approximate surface area is 136 Å². The van der Waals surface area contributed by atoms with E-state index in [4.69, 9.17) is 0 Å². The Morgan fingerprint density at radius 2 is 1.91 bits per heavy atom. The molecular weight excluding hydrogens is 288 g/mol. The number of aliphatic hydroxyl groups is 1. The Bertz CT molecular complexity index is 672. The van der Waals surface area contributed by atoms with Gasteiger partial charge in [-0.1, -0.05) is 48.5 Å². The van der Waals surface area contributed by atoms with Crippen molar-refractivity contribution >= 4 is 11.6 Å². The molecule has 0 aromatic heterocycles. The van der Waals surface area contributed by atoms with Gasteiger partial charge in [0.2, 0.25) is 5.91 Å². The van der Waals surface area contributed by atoms with Crippen molar-refractivity contribution in [1.82, 2.24) is 5.32 Å². The molecule has 1 amide bonds. The second-order valence-electron chi connectivity index (χ2n) is 6.02. The third kappa shape index (κ3) is 3.54. The van der Waals surface area contributed by atoms with Crippen molar-refractivity contribution in [3.63, 3.8) is 0 Å². The highest BCUT2D eigenvalue weighted by atomic mass is 16.3. The smallest absolute Gasteiger partial charge is 0.242 e. The van der Waals surface area contributed by atoms with Crippen LogP contribution in [0, 0.1) is 0 Å². The van der Waals surface area contributed by atoms with E-state index in [1.807, 2.05) is 66.4 Å². The number of carbonyl (C=O) groups excluding carboxylic acids is 1. The van der Waals surface area contributed by atoms with Gasteiger partial charge in [0.05, 0.1) is 6.10 Å². The van der Waals surface area contributed by atoms with Crippen LogP contribution in [0.1, 0.15) is 18.1 Å². The molecule has 23 heavy (non-hydrogen) atoms. The van der Waals surface area contributed by atoms with Crippen molar-refractivity contribution in [1.29, 1.82) is 0 Å².